The number of fused-ring (bicyclic) bond motifs is 2. The smallest absolute Gasteiger partial charge is 0.291 e. The first-order chi connectivity index (χ1) is 16.7. The largest absolute Gasteiger partial charge is 0.485 e. The van der Waals surface area contributed by atoms with Gasteiger partial charge in [-0.1, -0.05) is 71.1 Å². The number of thiazole rings is 1. The maximum Gasteiger partial charge on any atom is 0.291 e. The van der Waals surface area contributed by atoms with Crippen molar-refractivity contribution in [1.29, 1.82) is 0 Å². The van der Waals surface area contributed by atoms with Crippen molar-refractivity contribution in [2.45, 2.75) is 13.5 Å². The first kappa shape index (κ1) is 20.3. The SMILES string of the molecule is Cc1ccccc1OCc1nc2sc(=Cc3ccc4noc(-c5ccccc5)c4c3)c(=O)n2n1. The number of rotatable bonds is 5. The summed E-state index contributed by atoms with van der Waals surface area (Å²) in [7, 11) is 0. The van der Waals surface area contributed by atoms with E-state index in [1.807, 2.05) is 85.8 Å². The molecule has 8 heteroatoms. The van der Waals surface area contributed by atoms with Gasteiger partial charge < -0.3 is 9.26 Å². The second-order valence-electron chi connectivity index (χ2n) is 7.85. The average Bonchev–Trinajstić information content (AvgIpc) is 3.54. The maximum absolute atomic E-state index is 12.9. The number of hydrogen-bond acceptors (Lipinski definition) is 7. The summed E-state index contributed by atoms with van der Waals surface area (Å²) in [5, 5.41) is 9.40. The van der Waals surface area contributed by atoms with Gasteiger partial charge in [0.1, 0.15) is 17.9 Å². The zero-order valence-corrected chi connectivity index (χ0v) is 19.0. The first-order valence-electron chi connectivity index (χ1n) is 10.7. The predicted molar refractivity (Wildman–Crippen MR) is 131 cm³/mol. The molecule has 6 aromatic rings. The molecule has 0 saturated carbocycles. The van der Waals surface area contributed by atoms with Crippen molar-refractivity contribution < 1.29 is 9.26 Å². The van der Waals surface area contributed by atoms with Gasteiger partial charge in [0.2, 0.25) is 4.96 Å². The fourth-order valence-corrected chi connectivity index (χ4v) is 4.72. The molecule has 3 aromatic heterocycles. The summed E-state index contributed by atoms with van der Waals surface area (Å²) in [6.45, 7) is 2.18. The molecule has 0 atom stereocenters. The van der Waals surface area contributed by atoms with Crippen LogP contribution in [0.3, 0.4) is 0 Å². The van der Waals surface area contributed by atoms with Gasteiger partial charge in [0.25, 0.3) is 5.56 Å². The Kier molecular flexibility index (Phi) is 4.92. The highest BCUT2D eigenvalue weighted by atomic mass is 32.1. The van der Waals surface area contributed by atoms with E-state index >= 15 is 0 Å². The maximum atomic E-state index is 12.9. The van der Waals surface area contributed by atoms with Gasteiger partial charge in [0.15, 0.2) is 11.6 Å². The van der Waals surface area contributed by atoms with Crippen molar-refractivity contribution in [2.24, 2.45) is 0 Å². The summed E-state index contributed by atoms with van der Waals surface area (Å²) >= 11 is 1.30. The molecule has 34 heavy (non-hydrogen) atoms. The quantitative estimate of drug-likeness (QED) is 0.375. The summed E-state index contributed by atoms with van der Waals surface area (Å²) in [6, 6.07) is 23.4. The second-order valence-corrected chi connectivity index (χ2v) is 8.86. The Morgan fingerprint density at radius 1 is 1.06 bits per heavy atom. The lowest BCUT2D eigenvalue weighted by Crippen LogP contribution is -2.23. The Hall–Kier alpha value is -4.30. The fraction of sp³-hybridized carbons (Fsp3) is 0.0769. The van der Waals surface area contributed by atoms with Gasteiger partial charge in [-0.3, -0.25) is 4.79 Å². The highest BCUT2D eigenvalue weighted by Gasteiger charge is 2.13. The fourth-order valence-electron chi connectivity index (χ4n) is 3.79. The van der Waals surface area contributed by atoms with Crippen molar-refractivity contribution in [1.82, 2.24) is 19.8 Å². The molecule has 3 aromatic carbocycles. The summed E-state index contributed by atoms with van der Waals surface area (Å²) < 4.78 is 13.3. The highest BCUT2D eigenvalue weighted by Crippen LogP contribution is 2.29. The molecule has 166 valence electrons. The Balaban J connectivity index is 1.32. The molecule has 3 heterocycles. The van der Waals surface area contributed by atoms with Crippen LogP contribution < -0.4 is 14.8 Å². The summed E-state index contributed by atoms with van der Waals surface area (Å²) in [4.78, 5) is 18.0. The van der Waals surface area contributed by atoms with Crippen LogP contribution in [0.1, 0.15) is 17.0 Å². The third-order valence-electron chi connectivity index (χ3n) is 5.51. The molecular weight excluding hydrogens is 448 g/mol. The topological polar surface area (TPSA) is 82.5 Å². The van der Waals surface area contributed by atoms with Gasteiger partial charge in [-0.05, 0) is 42.3 Å². The van der Waals surface area contributed by atoms with E-state index in [-0.39, 0.29) is 12.2 Å². The molecule has 0 spiro atoms. The second kappa shape index (κ2) is 8.24. The molecule has 0 amide bonds. The summed E-state index contributed by atoms with van der Waals surface area (Å²) in [6.07, 6.45) is 1.84. The van der Waals surface area contributed by atoms with Crippen molar-refractivity contribution >= 4 is 33.3 Å². The van der Waals surface area contributed by atoms with Gasteiger partial charge in [0.05, 0.1) is 9.92 Å². The number of hydrogen-bond donors (Lipinski definition) is 0. The minimum Gasteiger partial charge on any atom is -0.485 e. The number of benzene rings is 3. The van der Waals surface area contributed by atoms with Crippen molar-refractivity contribution in [3.8, 4) is 17.1 Å². The van der Waals surface area contributed by atoms with E-state index in [2.05, 4.69) is 15.2 Å². The van der Waals surface area contributed by atoms with E-state index < -0.39 is 0 Å². The molecule has 0 bridgehead atoms. The molecule has 0 aliphatic rings. The van der Waals surface area contributed by atoms with Crippen LogP contribution in [0.4, 0.5) is 0 Å². The lowest BCUT2D eigenvalue weighted by Gasteiger charge is -2.05. The molecule has 0 radical (unpaired) electrons. The van der Waals surface area contributed by atoms with Crippen LogP contribution in [-0.2, 0) is 6.61 Å². The number of para-hydroxylation sites is 1. The Morgan fingerprint density at radius 3 is 2.71 bits per heavy atom. The molecule has 6 rings (SSSR count). The zero-order valence-electron chi connectivity index (χ0n) is 18.1. The van der Waals surface area contributed by atoms with Crippen LogP contribution in [-0.4, -0.2) is 19.8 Å². The number of nitrogens with zero attached hydrogens (tertiary/aromatic N) is 4. The minimum atomic E-state index is -0.205. The third kappa shape index (κ3) is 3.64. The molecule has 0 fully saturated rings. The Morgan fingerprint density at radius 2 is 1.88 bits per heavy atom. The van der Waals surface area contributed by atoms with Crippen LogP contribution >= 0.6 is 11.3 Å². The number of aryl methyl sites for hydroxylation is 1. The predicted octanol–water partition coefficient (Wildman–Crippen LogP) is 4.39. The van der Waals surface area contributed by atoms with Crippen LogP contribution in [0, 0.1) is 6.92 Å². The van der Waals surface area contributed by atoms with Gasteiger partial charge in [-0.15, -0.1) is 5.10 Å². The Bertz CT molecular complexity index is 1750. The van der Waals surface area contributed by atoms with Gasteiger partial charge in [-0.25, -0.2) is 0 Å². The first-order valence-corrected chi connectivity index (χ1v) is 11.5. The monoisotopic (exact) mass is 466 g/mol. The zero-order chi connectivity index (χ0) is 23.1. The van der Waals surface area contributed by atoms with Crippen molar-refractivity contribution in [2.75, 3.05) is 0 Å². The van der Waals surface area contributed by atoms with E-state index in [0.29, 0.717) is 21.1 Å². The molecule has 7 nitrogen and oxygen atoms in total. The van der Waals surface area contributed by atoms with Gasteiger partial charge in [0, 0.05) is 5.56 Å². The molecule has 0 aliphatic heterocycles. The molecular formula is C26H18N4O3S. The van der Waals surface area contributed by atoms with E-state index in [1.165, 1.54) is 15.9 Å². The summed E-state index contributed by atoms with van der Waals surface area (Å²) in [5.74, 6) is 1.95. The Labute approximate surface area is 197 Å². The molecule has 0 N–H and O–H groups in total. The van der Waals surface area contributed by atoms with Crippen LogP contribution in [0.25, 0.3) is 33.3 Å². The van der Waals surface area contributed by atoms with Crippen LogP contribution in [0.15, 0.2) is 82.1 Å². The molecule has 0 saturated heterocycles. The summed E-state index contributed by atoms with van der Waals surface area (Å²) in [5.41, 5.74) is 3.41. The van der Waals surface area contributed by atoms with Crippen molar-refractivity contribution in [3.63, 3.8) is 0 Å². The number of aromatic nitrogens is 4. The average molecular weight is 467 g/mol. The van der Waals surface area contributed by atoms with Crippen LogP contribution in [0.5, 0.6) is 5.75 Å². The van der Waals surface area contributed by atoms with Gasteiger partial charge >= 0.3 is 0 Å². The molecule has 0 unspecified atom stereocenters. The van der Waals surface area contributed by atoms with Gasteiger partial charge in [-0.2, -0.15) is 9.50 Å². The number of ether oxygens (including phenoxy) is 1. The lowest BCUT2D eigenvalue weighted by molar-refractivity contribution is 0.294. The lowest BCUT2D eigenvalue weighted by atomic mass is 10.1. The van der Waals surface area contributed by atoms with E-state index in [1.54, 1.807) is 0 Å². The normalized spacial score (nSPS) is 12.1. The standard InChI is InChI=1S/C26H18N4O3S/c1-16-7-5-6-10-21(16)32-15-23-27-26-30(28-23)25(31)22(34-26)14-17-11-12-20-19(13-17)24(33-29-20)18-8-3-2-4-9-18/h2-14H,15H2,1H3. The van der Waals surface area contributed by atoms with E-state index in [4.69, 9.17) is 9.26 Å². The molecule has 0 aliphatic carbocycles. The van der Waals surface area contributed by atoms with E-state index in [0.717, 1.165) is 33.3 Å². The van der Waals surface area contributed by atoms with E-state index in [9.17, 15) is 4.79 Å². The van der Waals surface area contributed by atoms with Crippen molar-refractivity contribution in [3.05, 3.63) is 105 Å². The minimum absolute atomic E-state index is 0.199. The third-order valence-corrected chi connectivity index (χ3v) is 6.47. The highest BCUT2D eigenvalue weighted by molar-refractivity contribution is 7.15. The van der Waals surface area contributed by atoms with Crippen LogP contribution in [0.2, 0.25) is 0 Å².